The molecule has 8 nitrogen and oxygen atoms in total. The third-order valence-corrected chi connectivity index (χ3v) is 4.57. The largest absolute Gasteiger partial charge is 0.477 e. The smallest absolute Gasteiger partial charge is 0.318 e. The summed E-state index contributed by atoms with van der Waals surface area (Å²) in [6.07, 6.45) is -0.00378. The molecule has 3 rings (SSSR count). The van der Waals surface area contributed by atoms with Crippen molar-refractivity contribution in [2.75, 3.05) is 18.0 Å². The summed E-state index contributed by atoms with van der Waals surface area (Å²) in [5.74, 6) is -0.343. The molecule has 4 amide bonds. The van der Waals surface area contributed by atoms with Crippen LogP contribution in [0, 0.1) is 0 Å². The van der Waals surface area contributed by atoms with E-state index in [9.17, 15) is 14.4 Å². The second-order valence-corrected chi connectivity index (χ2v) is 6.68. The molecule has 0 bridgehead atoms. The molecule has 29 heavy (non-hydrogen) atoms. The van der Waals surface area contributed by atoms with Gasteiger partial charge in [0.15, 0.2) is 6.10 Å². The topological polar surface area (TPSA) is 114 Å². The van der Waals surface area contributed by atoms with Crippen molar-refractivity contribution >= 4 is 23.5 Å². The maximum Gasteiger partial charge on any atom is 0.318 e. The Hall–Kier alpha value is -3.55. The van der Waals surface area contributed by atoms with E-state index in [-0.39, 0.29) is 12.5 Å². The number of rotatable bonds is 6. The van der Waals surface area contributed by atoms with E-state index in [1.807, 2.05) is 25.1 Å². The second kappa shape index (κ2) is 9.09. The number of carbonyl (C=O) groups excluding carboxylic acids is 3. The van der Waals surface area contributed by atoms with E-state index in [1.165, 1.54) is 0 Å². The average molecular weight is 396 g/mol. The van der Waals surface area contributed by atoms with Gasteiger partial charge < -0.3 is 20.7 Å². The molecule has 0 aromatic heterocycles. The highest BCUT2D eigenvalue weighted by atomic mass is 16.5. The van der Waals surface area contributed by atoms with Crippen LogP contribution in [0.2, 0.25) is 0 Å². The first kappa shape index (κ1) is 20.2. The van der Waals surface area contributed by atoms with Gasteiger partial charge in [0.25, 0.3) is 11.8 Å². The van der Waals surface area contributed by atoms with E-state index in [1.54, 1.807) is 41.3 Å². The van der Waals surface area contributed by atoms with Crippen molar-refractivity contribution < 1.29 is 19.1 Å². The molecule has 2 atom stereocenters. The Balaban J connectivity index is 2.01. The van der Waals surface area contributed by atoms with Crippen LogP contribution in [-0.4, -0.2) is 37.0 Å². The Labute approximate surface area is 169 Å². The molecule has 1 aliphatic rings. The number of primary amides is 1. The number of fused-ring (bicyclic) bond motifs is 1. The fourth-order valence-electron chi connectivity index (χ4n) is 3.30. The summed E-state index contributed by atoms with van der Waals surface area (Å²) in [7, 11) is 0. The third kappa shape index (κ3) is 4.66. The van der Waals surface area contributed by atoms with E-state index < -0.39 is 24.1 Å². The number of nitrogens with zero attached hydrogens (tertiary/aromatic N) is 1. The highest BCUT2D eigenvalue weighted by Crippen LogP contribution is 2.38. The Kier molecular flexibility index (Phi) is 6.33. The summed E-state index contributed by atoms with van der Waals surface area (Å²) in [5, 5.41) is 4.99. The molecule has 0 radical (unpaired) electrons. The number of hydrogen-bond acceptors (Lipinski definition) is 5. The summed E-state index contributed by atoms with van der Waals surface area (Å²) in [5.41, 5.74) is 6.50. The summed E-state index contributed by atoms with van der Waals surface area (Å²) in [6, 6.07) is 14.4. The van der Waals surface area contributed by atoms with Crippen LogP contribution < -0.4 is 26.0 Å². The van der Waals surface area contributed by atoms with Crippen molar-refractivity contribution in [2.45, 2.75) is 25.5 Å². The number of ether oxygens (including phenoxy) is 1. The van der Waals surface area contributed by atoms with Gasteiger partial charge in [-0.25, -0.2) is 4.79 Å². The molecule has 152 valence electrons. The summed E-state index contributed by atoms with van der Waals surface area (Å²) >= 11 is 0. The van der Waals surface area contributed by atoms with Gasteiger partial charge in [-0.1, -0.05) is 49.4 Å². The molecule has 0 saturated carbocycles. The minimum atomic E-state index is -0.935. The monoisotopic (exact) mass is 396 g/mol. The number of urea groups is 1. The van der Waals surface area contributed by atoms with Gasteiger partial charge in [-0.3, -0.25) is 14.9 Å². The van der Waals surface area contributed by atoms with Crippen LogP contribution in [0.4, 0.5) is 10.5 Å². The molecule has 2 aromatic carbocycles. The maximum absolute atomic E-state index is 12.9. The minimum absolute atomic E-state index is 0.137. The van der Waals surface area contributed by atoms with Crippen molar-refractivity contribution in [2.24, 2.45) is 5.73 Å². The average Bonchev–Trinajstić information content (AvgIpc) is 2.72. The number of hydrogen-bond donors (Lipinski definition) is 3. The van der Waals surface area contributed by atoms with Gasteiger partial charge in [0, 0.05) is 6.54 Å². The van der Waals surface area contributed by atoms with Gasteiger partial charge in [0.05, 0.1) is 12.2 Å². The molecule has 0 unspecified atom stereocenters. The van der Waals surface area contributed by atoms with Crippen molar-refractivity contribution in [3.63, 3.8) is 0 Å². The van der Waals surface area contributed by atoms with Crippen LogP contribution in [0.15, 0.2) is 54.6 Å². The zero-order chi connectivity index (χ0) is 20.8. The van der Waals surface area contributed by atoms with Crippen LogP contribution in [0.3, 0.4) is 0 Å². The number of imide groups is 1. The van der Waals surface area contributed by atoms with Crippen LogP contribution in [0.5, 0.6) is 5.75 Å². The second-order valence-electron chi connectivity index (χ2n) is 6.68. The number of anilines is 1. The first-order valence-corrected chi connectivity index (χ1v) is 9.46. The van der Waals surface area contributed by atoms with Gasteiger partial charge in [-0.05, 0) is 24.1 Å². The Morgan fingerprint density at radius 2 is 1.83 bits per heavy atom. The Bertz CT molecular complexity index is 887. The number of nitrogens with two attached hydrogens (primary N) is 1. The fourth-order valence-corrected chi connectivity index (χ4v) is 3.30. The van der Waals surface area contributed by atoms with E-state index in [4.69, 9.17) is 10.5 Å². The van der Waals surface area contributed by atoms with Crippen molar-refractivity contribution in [1.29, 1.82) is 0 Å². The first-order valence-electron chi connectivity index (χ1n) is 9.46. The van der Waals surface area contributed by atoms with E-state index in [0.717, 1.165) is 6.42 Å². The molecule has 1 heterocycles. The van der Waals surface area contributed by atoms with Crippen LogP contribution in [0.1, 0.15) is 24.9 Å². The minimum Gasteiger partial charge on any atom is -0.477 e. The number of para-hydroxylation sites is 2. The normalized spacial score (nSPS) is 16.2. The lowest BCUT2D eigenvalue weighted by atomic mass is 10.0. The quantitative estimate of drug-likeness (QED) is 0.688. The molecule has 0 spiro atoms. The summed E-state index contributed by atoms with van der Waals surface area (Å²) < 4.78 is 5.89. The SMILES string of the molecule is CCCNC(=O)[C@@H]1CN([C@H](C(=O)NC(N)=O)c2ccccc2)c2ccccc2O1. The third-order valence-electron chi connectivity index (χ3n) is 4.57. The fraction of sp³-hybridized carbons (Fsp3) is 0.286. The first-order chi connectivity index (χ1) is 14.0. The van der Waals surface area contributed by atoms with Crippen LogP contribution in [0.25, 0.3) is 0 Å². The lowest BCUT2D eigenvalue weighted by Gasteiger charge is -2.39. The highest BCUT2D eigenvalue weighted by molar-refractivity contribution is 5.99. The summed E-state index contributed by atoms with van der Waals surface area (Å²) in [4.78, 5) is 38.6. The van der Waals surface area contributed by atoms with Gasteiger partial charge in [-0.15, -0.1) is 0 Å². The lowest BCUT2D eigenvalue weighted by molar-refractivity contribution is -0.128. The molecule has 0 fully saturated rings. The number of nitrogens with one attached hydrogen (secondary N) is 2. The van der Waals surface area contributed by atoms with Crippen molar-refractivity contribution in [3.8, 4) is 5.75 Å². The van der Waals surface area contributed by atoms with Crippen LogP contribution in [-0.2, 0) is 9.59 Å². The summed E-state index contributed by atoms with van der Waals surface area (Å²) in [6.45, 7) is 2.63. The predicted molar refractivity (Wildman–Crippen MR) is 108 cm³/mol. The van der Waals surface area contributed by atoms with Crippen molar-refractivity contribution in [1.82, 2.24) is 10.6 Å². The molecule has 4 N–H and O–H groups in total. The highest BCUT2D eigenvalue weighted by Gasteiger charge is 2.37. The predicted octanol–water partition coefficient (Wildman–Crippen LogP) is 1.72. The van der Waals surface area contributed by atoms with Crippen LogP contribution >= 0.6 is 0 Å². The van der Waals surface area contributed by atoms with Gasteiger partial charge >= 0.3 is 6.03 Å². The molecule has 0 saturated heterocycles. The van der Waals surface area contributed by atoms with E-state index in [2.05, 4.69) is 10.6 Å². The molecule has 8 heteroatoms. The molecule has 1 aliphatic heterocycles. The number of amides is 4. The maximum atomic E-state index is 12.9. The molecular weight excluding hydrogens is 372 g/mol. The Morgan fingerprint density at radius 1 is 1.14 bits per heavy atom. The van der Waals surface area contributed by atoms with Gasteiger partial charge in [-0.2, -0.15) is 0 Å². The van der Waals surface area contributed by atoms with E-state index >= 15 is 0 Å². The van der Waals surface area contributed by atoms with Crippen molar-refractivity contribution in [3.05, 3.63) is 60.2 Å². The van der Waals surface area contributed by atoms with Gasteiger partial charge in [0.1, 0.15) is 11.8 Å². The Morgan fingerprint density at radius 3 is 2.52 bits per heavy atom. The number of carbonyl (C=O) groups is 3. The molecule has 0 aliphatic carbocycles. The molecular formula is C21H24N4O4. The standard InChI is InChI=1S/C21H24N4O4/c1-2-12-23-19(26)17-13-25(15-10-6-7-11-16(15)29-17)18(20(27)24-21(22)28)14-8-4-3-5-9-14/h3-11,17-18H,2,12-13H2,1H3,(H,23,26)(H3,22,24,27,28)/t17-,18-/m0/s1. The zero-order valence-corrected chi connectivity index (χ0v) is 16.1. The molecule has 2 aromatic rings. The van der Waals surface area contributed by atoms with Gasteiger partial charge in [0.2, 0.25) is 0 Å². The number of benzene rings is 2. The van der Waals surface area contributed by atoms with E-state index in [0.29, 0.717) is 23.5 Å². The zero-order valence-electron chi connectivity index (χ0n) is 16.1. The lowest BCUT2D eigenvalue weighted by Crippen LogP contribution is -2.53.